The molecule has 0 saturated carbocycles. The van der Waals surface area contributed by atoms with Gasteiger partial charge in [0.25, 0.3) is 5.91 Å². The van der Waals surface area contributed by atoms with Crippen LogP contribution in [0.2, 0.25) is 0 Å². The minimum Gasteiger partial charge on any atom is -0.493 e. The fourth-order valence-corrected chi connectivity index (χ4v) is 4.51. The number of carbonyl (C=O) groups is 2. The van der Waals surface area contributed by atoms with Gasteiger partial charge in [-0.15, -0.1) is 0 Å². The van der Waals surface area contributed by atoms with Gasteiger partial charge in [0.2, 0.25) is 0 Å². The van der Waals surface area contributed by atoms with Crippen LogP contribution in [0.25, 0.3) is 33.1 Å². The molecule has 7 nitrogen and oxygen atoms in total. The lowest BCUT2D eigenvalue weighted by atomic mass is 10.0. The molecule has 5 rings (SSSR count). The molecule has 32 heavy (non-hydrogen) atoms. The summed E-state index contributed by atoms with van der Waals surface area (Å²) in [6.45, 7) is 2.83. The quantitative estimate of drug-likeness (QED) is 0.488. The number of nitrogens with zero attached hydrogens (tertiary/aromatic N) is 2. The number of hydrogen-bond acceptors (Lipinski definition) is 4. The number of rotatable bonds is 5. The predicted octanol–water partition coefficient (Wildman–Crippen LogP) is 4.47. The molecule has 1 aliphatic heterocycles. The van der Waals surface area contributed by atoms with Crippen LogP contribution in [0.3, 0.4) is 0 Å². The van der Waals surface area contributed by atoms with Crippen LogP contribution in [0, 0.1) is 0 Å². The summed E-state index contributed by atoms with van der Waals surface area (Å²) < 4.78 is 5.84. The van der Waals surface area contributed by atoms with Crippen LogP contribution in [0.1, 0.15) is 30.3 Å². The molecule has 2 aromatic heterocycles. The molecule has 1 amide bonds. The molecule has 3 heterocycles. The van der Waals surface area contributed by atoms with E-state index in [1.54, 1.807) is 6.07 Å². The average Bonchev–Trinajstić information content (AvgIpc) is 3.44. The van der Waals surface area contributed by atoms with Gasteiger partial charge in [-0.25, -0.2) is 9.78 Å². The van der Waals surface area contributed by atoms with Crippen molar-refractivity contribution in [1.82, 2.24) is 14.9 Å². The maximum atomic E-state index is 13.4. The predicted molar refractivity (Wildman–Crippen MR) is 122 cm³/mol. The Balaban J connectivity index is 1.75. The Hall–Kier alpha value is -3.87. The van der Waals surface area contributed by atoms with Crippen molar-refractivity contribution in [2.24, 2.45) is 0 Å². The first-order valence-corrected chi connectivity index (χ1v) is 10.8. The molecule has 1 saturated heterocycles. The summed E-state index contributed by atoms with van der Waals surface area (Å²) in [5.41, 5.74) is 3.37. The molecule has 7 heteroatoms. The number of H-pyrrole nitrogens is 1. The number of hydrogen-bond donors (Lipinski definition) is 2. The lowest BCUT2D eigenvalue weighted by molar-refractivity contribution is -0.141. The molecular formula is C25H23N3O4. The van der Waals surface area contributed by atoms with Gasteiger partial charge in [0, 0.05) is 28.4 Å². The third-order valence-corrected chi connectivity index (χ3v) is 5.96. The van der Waals surface area contributed by atoms with Gasteiger partial charge in [-0.2, -0.15) is 0 Å². The molecule has 162 valence electrons. The fourth-order valence-electron chi connectivity index (χ4n) is 4.51. The molecule has 0 aliphatic carbocycles. The number of aromatic nitrogens is 2. The van der Waals surface area contributed by atoms with E-state index < -0.39 is 12.0 Å². The average molecular weight is 429 g/mol. The zero-order chi connectivity index (χ0) is 22.2. The standard InChI is InChI=1S/C25H23N3O4/c1-2-32-21-12-6-4-9-16(21)22-23-17(15-8-3-5-10-18(15)26-23)14-19(27-22)24(29)28-13-7-11-20(28)25(30)31/h3-6,8-10,12,14,20,26H,2,7,11,13H2,1H3,(H,30,31). The molecular weight excluding hydrogens is 406 g/mol. The largest absolute Gasteiger partial charge is 0.493 e. The number of fused-ring (bicyclic) bond motifs is 3. The number of likely N-dealkylation sites (tertiary alicyclic amines) is 1. The molecule has 0 radical (unpaired) electrons. The summed E-state index contributed by atoms with van der Waals surface area (Å²) in [6, 6.07) is 16.4. The Kier molecular flexibility index (Phi) is 5.01. The highest BCUT2D eigenvalue weighted by molar-refractivity contribution is 6.13. The number of aliphatic carboxylic acids is 1. The Labute approximate surface area is 184 Å². The van der Waals surface area contributed by atoms with Crippen LogP contribution in [0.5, 0.6) is 5.75 Å². The molecule has 1 fully saturated rings. The molecule has 2 aromatic carbocycles. The number of benzene rings is 2. The van der Waals surface area contributed by atoms with E-state index in [4.69, 9.17) is 9.72 Å². The van der Waals surface area contributed by atoms with Gasteiger partial charge in [0.05, 0.1) is 17.8 Å². The first kappa shape index (κ1) is 20.1. The maximum absolute atomic E-state index is 13.4. The SMILES string of the molecule is CCOc1ccccc1-c1nc(C(=O)N2CCCC2C(=O)O)cc2c1[nH]c1ccccc12. The number of carboxylic acid groups (broad SMARTS) is 1. The van der Waals surface area contributed by atoms with Gasteiger partial charge in [0.15, 0.2) is 0 Å². The second kappa shape index (κ2) is 8.00. The van der Waals surface area contributed by atoms with Crippen LogP contribution in [0.4, 0.5) is 0 Å². The van der Waals surface area contributed by atoms with Crippen molar-refractivity contribution in [2.45, 2.75) is 25.8 Å². The highest BCUT2D eigenvalue weighted by Crippen LogP contribution is 2.37. The van der Waals surface area contributed by atoms with Crippen LogP contribution in [0.15, 0.2) is 54.6 Å². The molecule has 1 unspecified atom stereocenters. The minimum absolute atomic E-state index is 0.233. The number of pyridine rings is 1. The Morgan fingerprint density at radius 3 is 2.75 bits per heavy atom. The van der Waals surface area contributed by atoms with Crippen molar-refractivity contribution in [2.75, 3.05) is 13.2 Å². The number of aromatic amines is 1. The van der Waals surface area contributed by atoms with Gasteiger partial charge >= 0.3 is 5.97 Å². The monoisotopic (exact) mass is 429 g/mol. The second-order valence-corrected chi connectivity index (χ2v) is 7.87. The number of carbonyl (C=O) groups excluding carboxylic acids is 1. The molecule has 1 aliphatic rings. The summed E-state index contributed by atoms with van der Waals surface area (Å²) in [5, 5.41) is 11.4. The van der Waals surface area contributed by atoms with E-state index in [-0.39, 0.29) is 11.6 Å². The van der Waals surface area contributed by atoms with Crippen LogP contribution < -0.4 is 4.74 Å². The van der Waals surface area contributed by atoms with Crippen molar-refractivity contribution in [3.8, 4) is 17.0 Å². The molecule has 2 N–H and O–H groups in total. The van der Waals surface area contributed by atoms with Crippen LogP contribution >= 0.6 is 0 Å². The molecule has 1 atom stereocenters. The van der Waals surface area contributed by atoms with Crippen molar-refractivity contribution in [3.05, 3.63) is 60.3 Å². The molecule has 4 aromatic rings. The van der Waals surface area contributed by atoms with Crippen molar-refractivity contribution in [3.63, 3.8) is 0 Å². The van der Waals surface area contributed by atoms with Crippen LogP contribution in [-0.4, -0.2) is 51.0 Å². The van der Waals surface area contributed by atoms with E-state index in [1.807, 2.05) is 55.5 Å². The van der Waals surface area contributed by atoms with E-state index in [9.17, 15) is 14.7 Å². The van der Waals surface area contributed by atoms with E-state index in [0.717, 1.165) is 27.4 Å². The smallest absolute Gasteiger partial charge is 0.326 e. The fraction of sp³-hybridized carbons (Fsp3) is 0.240. The van der Waals surface area contributed by atoms with Gasteiger partial charge in [-0.1, -0.05) is 30.3 Å². The summed E-state index contributed by atoms with van der Waals surface area (Å²) >= 11 is 0. The lowest BCUT2D eigenvalue weighted by Gasteiger charge is -2.21. The Morgan fingerprint density at radius 1 is 1.16 bits per heavy atom. The number of amides is 1. The summed E-state index contributed by atoms with van der Waals surface area (Å²) in [7, 11) is 0. The Morgan fingerprint density at radius 2 is 1.94 bits per heavy atom. The van der Waals surface area contributed by atoms with E-state index in [2.05, 4.69) is 4.98 Å². The topological polar surface area (TPSA) is 95.5 Å². The van der Waals surface area contributed by atoms with Gasteiger partial charge in [-0.3, -0.25) is 4.79 Å². The van der Waals surface area contributed by atoms with Crippen molar-refractivity contribution in [1.29, 1.82) is 0 Å². The number of para-hydroxylation sites is 2. The Bertz CT molecular complexity index is 1340. The van der Waals surface area contributed by atoms with E-state index in [1.165, 1.54) is 4.90 Å². The summed E-state index contributed by atoms with van der Waals surface area (Å²) in [5.74, 6) is -0.667. The van der Waals surface area contributed by atoms with Gasteiger partial charge in [-0.05, 0) is 44.0 Å². The first-order valence-electron chi connectivity index (χ1n) is 10.8. The van der Waals surface area contributed by atoms with E-state index >= 15 is 0 Å². The van der Waals surface area contributed by atoms with Gasteiger partial charge < -0.3 is 19.7 Å². The maximum Gasteiger partial charge on any atom is 0.326 e. The van der Waals surface area contributed by atoms with Crippen molar-refractivity contribution >= 4 is 33.7 Å². The third-order valence-electron chi connectivity index (χ3n) is 5.96. The first-order chi connectivity index (χ1) is 15.6. The van der Waals surface area contributed by atoms with Crippen LogP contribution in [-0.2, 0) is 4.79 Å². The minimum atomic E-state index is -0.981. The third kappa shape index (κ3) is 3.26. The second-order valence-electron chi connectivity index (χ2n) is 7.87. The highest BCUT2D eigenvalue weighted by Gasteiger charge is 2.35. The normalized spacial score (nSPS) is 16.0. The summed E-state index contributed by atoms with van der Waals surface area (Å²) in [6.07, 6.45) is 1.12. The van der Waals surface area contributed by atoms with Gasteiger partial charge in [0.1, 0.15) is 17.5 Å². The lowest BCUT2D eigenvalue weighted by Crippen LogP contribution is -2.40. The highest BCUT2D eigenvalue weighted by atomic mass is 16.5. The molecule has 0 bridgehead atoms. The zero-order valence-corrected chi connectivity index (χ0v) is 17.7. The number of nitrogens with one attached hydrogen (secondary N) is 1. The van der Waals surface area contributed by atoms with E-state index in [0.29, 0.717) is 37.4 Å². The summed E-state index contributed by atoms with van der Waals surface area (Å²) in [4.78, 5) is 34.7. The zero-order valence-electron chi connectivity index (χ0n) is 17.7. The molecule has 0 spiro atoms. The van der Waals surface area contributed by atoms with Crippen molar-refractivity contribution < 1.29 is 19.4 Å². The number of carboxylic acids is 1. The number of ether oxygens (including phenoxy) is 1.